The third-order valence-corrected chi connectivity index (χ3v) is 11.0. The van der Waals surface area contributed by atoms with Crippen molar-refractivity contribution in [3.05, 3.63) is 87.7 Å². The molecule has 0 radical (unpaired) electrons. The van der Waals surface area contributed by atoms with E-state index < -0.39 is 18.1 Å². The SMILES string of the molecule is CN1C(=O)[C@H](CCCCN)NC(=O)[C@H](CCCN)NCc2cccnc2Sc2ccc(Cl)c(Cl)c2CNC(=O)[C@@H]1Cc1c[nH]c2ccccc12. The zero-order valence-electron chi connectivity index (χ0n) is 28.0. The zero-order valence-corrected chi connectivity index (χ0v) is 30.3. The number of aromatic amines is 1. The van der Waals surface area contributed by atoms with Gasteiger partial charge in [0.05, 0.1) is 16.1 Å². The predicted molar refractivity (Wildman–Crippen MR) is 199 cm³/mol. The molecule has 14 heteroatoms. The van der Waals surface area contributed by atoms with Gasteiger partial charge in [0.25, 0.3) is 0 Å². The predicted octanol–water partition coefficient (Wildman–Crippen LogP) is 4.53. The van der Waals surface area contributed by atoms with Crippen LogP contribution in [-0.4, -0.2) is 70.9 Å². The molecule has 11 nitrogen and oxygen atoms in total. The van der Waals surface area contributed by atoms with Gasteiger partial charge in [-0.25, -0.2) is 4.98 Å². The molecule has 2 aromatic heterocycles. The molecule has 1 aliphatic heterocycles. The maximum atomic E-state index is 14.4. The molecule has 0 unspecified atom stereocenters. The fourth-order valence-corrected chi connectivity index (χ4v) is 7.59. The zero-order chi connectivity index (χ0) is 35.6. The molecule has 0 saturated heterocycles. The van der Waals surface area contributed by atoms with Crippen molar-refractivity contribution < 1.29 is 14.4 Å². The maximum Gasteiger partial charge on any atom is 0.245 e. The van der Waals surface area contributed by atoms with Crippen molar-refractivity contribution in [2.45, 2.75) is 79.7 Å². The van der Waals surface area contributed by atoms with Crippen molar-refractivity contribution in [1.82, 2.24) is 30.8 Å². The average molecular weight is 740 g/mol. The standard InChI is InChI=1S/C36H44Cl2N8O3S/c1-46-30(18-23-20-42-27-10-3-2-9-24(23)27)34(48)44-21-25-31(14-13-26(37)32(25)38)50-35-22(8-7-17-41-35)19-43-28(12-6-16-40)33(47)45-29(36(46)49)11-4-5-15-39/h2-3,7-10,13-14,17,20,28-30,42-43H,4-6,11-12,15-16,18-19,21,39-40H2,1H3,(H,44,48)(H,45,47)/t28-,29-,30-/m0/s1. The summed E-state index contributed by atoms with van der Waals surface area (Å²) < 4.78 is 0. The molecule has 3 atom stereocenters. The number of rotatable bonds is 9. The number of aromatic nitrogens is 2. The Labute approximate surface area is 306 Å². The molecule has 3 heterocycles. The third kappa shape index (κ3) is 9.17. The highest BCUT2D eigenvalue weighted by molar-refractivity contribution is 7.99. The van der Waals surface area contributed by atoms with Gasteiger partial charge >= 0.3 is 0 Å². The van der Waals surface area contributed by atoms with Crippen molar-refractivity contribution in [1.29, 1.82) is 0 Å². The molecular weight excluding hydrogens is 695 g/mol. The van der Waals surface area contributed by atoms with Crippen LogP contribution in [0.2, 0.25) is 10.0 Å². The van der Waals surface area contributed by atoms with E-state index in [1.54, 1.807) is 19.3 Å². The van der Waals surface area contributed by atoms with Gasteiger partial charge in [-0.3, -0.25) is 14.4 Å². The molecule has 4 aromatic rings. The van der Waals surface area contributed by atoms with Gasteiger partial charge in [0.2, 0.25) is 17.7 Å². The lowest BCUT2D eigenvalue weighted by molar-refractivity contribution is -0.142. The molecule has 0 aliphatic carbocycles. The number of carbonyl (C=O) groups excluding carboxylic acids is 3. The lowest BCUT2D eigenvalue weighted by atomic mass is 10.0. The van der Waals surface area contributed by atoms with Crippen molar-refractivity contribution in [3.8, 4) is 0 Å². The molecule has 1 aliphatic rings. The van der Waals surface area contributed by atoms with Gasteiger partial charge in [-0.2, -0.15) is 0 Å². The summed E-state index contributed by atoms with van der Waals surface area (Å²) >= 11 is 14.7. The third-order valence-electron chi connectivity index (χ3n) is 8.97. The number of halogens is 2. The van der Waals surface area contributed by atoms with Gasteiger partial charge < -0.3 is 37.3 Å². The minimum absolute atomic E-state index is 0.0607. The van der Waals surface area contributed by atoms with E-state index in [1.807, 2.05) is 48.7 Å². The number of hydrogen-bond acceptors (Lipinski definition) is 8. The topological polar surface area (TPSA) is 171 Å². The second-order valence-corrected chi connectivity index (χ2v) is 14.2. The van der Waals surface area contributed by atoms with Gasteiger partial charge in [0.15, 0.2) is 0 Å². The molecule has 0 spiro atoms. The van der Waals surface area contributed by atoms with Gasteiger partial charge in [-0.15, -0.1) is 0 Å². The van der Waals surface area contributed by atoms with Crippen LogP contribution in [0.1, 0.15) is 48.8 Å². The highest BCUT2D eigenvalue weighted by Gasteiger charge is 2.34. The number of para-hydroxylation sites is 1. The first-order chi connectivity index (χ1) is 24.2. The van der Waals surface area contributed by atoms with E-state index in [9.17, 15) is 14.4 Å². The molecule has 5 rings (SSSR count). The summed E-state index contributed by atoms with van der Waals surface area (Å²) in [6.07, 6.45) is 6.52. The number of likely N-dealkylation sites (N-methyl/N-ethyl adjacent to an activating group) is 1. The second-order valence-electron chi connectivity index (χ2n) is 12.4. The number of hydrogen-bond donors (Lipinski definition) is 6. The van der Waals surface area contributed by atoms with Crippen LogP contribution in [0.25, 0.3) is 10.9 Å². The Morgan fingerprint density at radius 1 is 0.920 bits per heavy atom. The average Bonchev–Trinajstić information content (AvgIpc) is 3.53. The Kier molecular flexibility index (Phi) is 13.6. The van der Waals surface area contributed by atoms with E-state index in [2.05, 4.69) is 25.9 Å². The first-order valence-electron chi connectivity index (χ1n) is 16.8. The molecule has 8 N–H and O–H groups in total. The normalized spacial score (nSPS) is 19.4. The lowest BCUT2D eigenvalue weighted by Gasteiger charge is -2.32. The van der Waals surface area contributed by atoms with Crippen LogP contribution in [-0.2, 0) is 33.9 Å². The van der Waals surface area contributed by atoms with Crippen molar-refractivity contribution in [2.75, 3.05) is 20.1 Å². The fourth-order valence-electron chi connectivity index (χ4n) is 6.10. The van der Waals surface area contributed by atoms with E-state index >= 15 is 0 Å². The maximum absolute atomic E-state index is 14.4. The lowest BCUT2D eigenvalue weighted by Crippen LogP contribution is -2.57. The molecule has 266 valence electrons. The summed E-state index contributed by atoms with van der Waals surface area (Å²) in [7, 11) is 1.61. The van der Waals surface area contributed by atoms with Crippen LogP contribution < -0.4 is 27.4 Å². The van der Waals surface area contributed by atoms with Crippen LogP contribution >= 0.6 is 35.0 Å². The number of nitrogens with one attached hydrogen (secondary N) is 4. The Bertz CT molecular complexity index is 1800. The number of nitrogens with zero attached hydrogens (tertiary/aromatic N) is 2. The Hall–Kier alpha value is -3.65. The number of amides is 3. The Morgan fingerprint density at radius 2 is 1.70 bits per heavy atom. The van der Waals surface area contributed by atoms with E-state index in [-0.39, 0.29) is 30.7 Å². The monoisotopic (exact) mass is 738 g/mol. The summed E-state index contributed by atoms with van der Waals surface area (Å²) in [5.41, 5.74) is 14.9. The van der Waals surface area contributed by atoms with E-state index in [0.717, 1.165) is 26.9 Å². The number of pyridine rings is 1. The van der Waals surface area contributed by atoms with Gasteiger partial charge in [0, 0.05) is 60.3 Å². The van der Waals surface area contributed by atoms with Gasteiger partial charge in [-0.05, 0) is 80.6 Å². The number of carbonyl (C=O) groups is 3. The van der Waals surface area contributed by atoms with E-state index in [0.29, 0.717) is 72.4 Å². The van der Waals surface area contributed by atoms with Crippen molar-refractivity contribution in [3.63, 3.8) is 0 Å². The molecule has 0 saturated carbocycles. The first-order valence-corrected chi connectivity index (χ1v) is 18.4. The molecular formula is C36H44Cl2N8O3S. The first kappa shape index (κ1) is 37.6. The minimum Gasteiger partial charge on any atom is -0.361 e. The van der Waals surface area contributed by atoms with Crippen molar-refractivity contribution >= 4 is 63.6 Å². The highest BCUT2D eigenvalue weighted by Crippen LogP contribution is 2.38. The second kappa shape index (κ2) is 18.0. The summed E-state index contributed by atoms with van der Waals surface area (Å²) in [4.78, 5) is 52.6. The van der Waals surface area contributed by atoms with Crippen molar-refractivity contribution in [2.24, 2.45) is 11.5 Å². The minimum atomic E-state index is -0.922. The number of unbranched alkanes of at least 4 members (excludes halogenated alkanes) is 1. The van der Waals surface area contributed by atoms with Crippen LogP contribution in [0.15, 0.2) is 70.8 Å². The smallest absolute Gasteiger partial charge is 0.245 e. The Balaban J connectivity index is 1.57. The van der Waals surface area contributed by atoms with Gasteiger partial charge in [-0.1, -0.05) is 59.2 Å². The van der Waals surface area contributed by atoms with Crippen LogP contribution in [0.4, 0.5) is 0 Å². The molecule has 0 fully saturated rings. The molecule has 0 bridgehead atoms. The summed E-state index contributed by atoms with van der Waals surface area (Å²) in [6, 6.07) is 12.7. The number of nitrogens with two attached hydrogens (primary N) is 2. The van der Waals surface area contributed by atoms with Crippen LogP contribution in [0, 0.1) is 0 Å². The molecule has 3 amide bonds. The highest BCUT2D eigenvalue weighted by atomic mass is 35.5. The van der Waals surface area contributed by atoms with Gasteiger partial charge in [0.1, 0.15) is 17.1 Å². The number of benzene rings is 2. The van der Waals surface area contributed by atoms with Crippen LogP contribution in [0.5, 0.6) is 0 Å². The fraction of sp³-hybridized carbons (Fsp3) is 0.389. The Morgan fingerprint density at radius 3 is 2.50 bits per heavy atom. The molecule has 50 heavy (non-hydrogen) atoms. The number of fused-ring (bicyclic) bond motifs is 3. The summed E-state index contributed by atoms with van der Waals surface area (Å²) in [5.74, 6) is -1.07. The van der Waals surface area contributed by atoms with E-state index in [1.165, 1.54) is 16.7 Å². The summed E-state index contributed by atoms with van der Waals surface area (Å²) in [6.45, 7) is 1.26. The number of H-pyrrole nitrogens is 1. The largest absolute Gasteiger partial charge is 0.361 e. The van der Waals surface area contributed by atoms with Crippen LogP contribution in [0.3, 0.4) is 0 Å². The quantitative estimate of drug-likeness (QED) is 0.136. The molecule has 2 aromatic carbocycles. The summed E-state index contributed by atoms with van der Waals surface area (Å²) in [5, 5.41) is 11.8. The van der Waals surface area contributed by atoms with E-state index in [4.69, 9.17) is 34.7 Å².